The Morgan fingerprint density at radius 2 is 2.03 bits per heavy atom. The Morgan fingerprint density at radius 3 is 2.62 bits per heavy atom. The normalized spacial score (nSPS) is 19.1. The third-order valence-electron chi connectivity index (χ3n) is 6.09. The summed E-state index contributed by atoms with van der Waals surface area (Å²) in [5.74, 6) is -0.164. The van der Waals surface area contributed by atoms with Crippen LogP contribution in [0.4, 0.5) is 0 Å². The van der Waals surface area contributed by atoms with Crippen molar-refractivity contribution >= 4 is 12.3 Å². The minimum Gasteiger partial charge on any atom is -0.461 e. The first kappa shape index (κ1) is 29.7. The number of aliphatic hydroxyl groups excluding tert-OH is 3. The summed E-state index contributed by atoms with van der Waals surface area (Å²) in [5.41, 5.74) is 1.48. The predicted molar refractivity (Wildman–Crippen MR) is 131 cm³/mol. The molecule has 8 nitrogen and oxygen atoms in total. The van der Waals surface area contributed by atoms with Crippen LogP contribution in [0.3, 0.4) is 0 Å². The molecule has 2 heterocycles. The number of aldehydes is 1. The van der Waals surface area contributed by atoms with Gasteiger partial charge in [0.15, 0.2) is 6.29 Å². The number of aromatic nitrogens is 1. The highest BCUT2D eigenvalue weighted by molar-refractivity contribution is 5.79. The van der Waals surface area contributed by atoms with Crippen molar-refractivity contribution in [2.45, 2.75) is 90.1 Å². The number of likely N-dealkylation sites (tertiary alicyclic amines) is 1. The second-order valence-corrected chi connectivity index (χ2v) is 9.08. The van der Waals surface area contributed by atoms with Gasteiger partial charge in [-0.15, -0.1) is 0 Å². The van der Waals surface area contributed by atoms with Gasteiger partial charge in [0.1, 0.15) is 6.04 Å². The highest BCUT2D eigenvalue weighted by Crippen LogP contribution is 2.22. The van der Waals surface area contributed by atoms with Crippen LogP contribution in [-0.4, -0.2) is 75.0 Å². The molecule has 0 saturated carbocycles. The van der Waals surface area contributed by atoms with E-state index in [2.05, 4.69) is 11.6 Å². The van der Waals surface area contributed by atoms with Crippen LogP contribution in [0.25, 0.3) is 0 Å². The summed E-state index contributed by atoms with van der Waals surface area (Å²) < 4.78 is 5.58. The lowest BCUT2D eigenvalue weighted by Crippen LogP contribution is -2.45. The van der Waals surface area contributed by atoms with E-state index in [1.807, 2.05) is 32.2 Å². The number of rotatable bonds is 12. The maximum Gasteiger partial charge on any atom is 0.329 e. The molecule has 192 valence electrons. The van der Waals surface area contributed by atoms with Crippen molar-refractivity contribution in [2.24, 2.45) is 5.92 Å². The van der Waals surface area contributed by atoms with Gasteiger partial charge in [-0.05, 0) is 76.3 Å². The molecule has 0 aliphatic carbocycles. The zero-order chi connectivity index (χ0) is 25.5. The molecular weight excluding hydrogens is 436 g/mol. The van der Waals surface area contributed by atoms with E-state index in [4.69, 9.17) is 14.9 Å². The Balaban J connectivity index is 0.000000445. The molecule has 0 aromatic carbocycles. The van der Waals surface area contributed by atoms with E-state index in [-0.39, 0.29) is 36.7 Å². The molecule has 3 N–H and O–H groups in total. The standard InChI is InChI=1S/C18H24N2O3.C8H18O3/c1-14(13-21)20-11-4-3-7-17(20)18(22)23-15(2)8-9-16-6-5-10-19-12-16;1-6(7(2)10)5-8(11)3-4-9/h5-6,10,12-13,15,17H,1,3-4,7-9,11H2,2H3;6-11H,3-5H2,1-2H3. The van der Waals surface area contributed by atoms with Gasteiger partial charge < -0.3 is 25.0 Å². The van der Waals surface area contributed by atoms with Gasteiger partial charge in [0.25, 0.3) is 0 Å². The summed E-state index contributed by atoms with van der Waals surface area (Å²) in [6, 6.07) is 3.53. The number of aryl methyl sites for hydroxylation is 1. The van der Waals surface area contributed by atoms with Gasteiger partial charge in [0.05, 0.1) is 24.0 Å². The third kappa shape index (κ3) is 11.2. The van der Waals surface area contributed by atoms with Gasteiger partial charge in [-0.1, -0.05) is 19.6 Å². The zero-order valence-electron chi connectivity index (χ0n) is 20.8. The van der Waals surface area contributed by atoms with Crippen LogP contribution in [0, 0.1) is 5.92 Å². The minimum absolute atomic E-state index is 0.00764. The first-order chi connectivity index (χ1) is 16.2. The van der Waals surface area contributed by atoms with Gasteiger partial charge in [-0.25, -0.2) is 4.79 Å². The molecule has 1 saturated heterocycles. The largest absolute Gasteiger partial charge is 0.461 e. The monoisotopic (exact) mass is 478 g/mol. The van der Waals surface area contributed by atoms with Crippen LogP contribution in [0.5, 0.6) is 0 Å². The molecule has 2 rings (SSSR count). The maximum atomic E-state index is 12.4. The van der Waals surface area contributed by atoms with Gasteiger partial charge in [-0.3, -0.25) is 9.78 Å². The van der Waals surface area contributed by atoms with E-state index in [1.54, 1.807) is 18.0 Å². The van der Waals surface area contributed by atoms with E-state index in [0.29, 0.717) is 37.8 Å². The summed E-state index contributed by atoms with van der Waals surface area (Å²) >= 11 is 0. The number of pyridine rings is 1. The molecule has 1 aromatic rings. The molecule has 1 aliphatic heterocycles. The van der Waals surface area contributed by atoms with E-state index in [1.165, 1.54) is 0 Å². The lowest BCUT2D eigenvalue weighted by Gasteiger charge is -2.35. The first-order valence-electron chi connectivity index (χ1n) is 12.2. The topological polar surface area (TPSA) is 120 Å². The highest BCUT2D eigenvalue weighted by Gasteiger charge is 2.31. The molecule has 1 aliphatic rings. The molecule has 34 heavy (non-hydrogen) atoms. The average molecular weight is 479 g/mol. The fraction of sp³-hybridized carbons (Fsp3) is 0.654. The van der Waals surface area contributed by atoms with Crippen molar-refractivity contribution < 1.29 is 29.6 Å². The molecular formula is C26H42N2O6. The van der Waals surface area contributed by atoms with Gasteiger partial charge in [0, 0.05) is 25.5 Å². The molecule has 5 atom stereocenters. The Bertz CT molecular complexity index is 727. The van der Waals surface area contributed by atoms with Gasteiger partial charge in [0.2, 0.25) is 0 Å². The number of hydrogen-bond donors (Lipinski definition) is 3. The van der Waals surface area contributed by atoms with Crippen molar-refractivity contribution in [2.75, 3.05) is 13.2 Å². The molecule has 8 heteroatoms. The molecule has 1 aromatic heterocycles. The summed E-state index contributed by atoms with van der Waals surface area (Å²) in [6.07, 6.45) is 8.39. The Hall–Kier alpha value is -2.29. The Kier molecular flexibility index (Phi) is 14.3. The van der Waals surface area contributed by atoms with Crippen LogP contribution in [0.1, 0.15) is 64.9 Å². The number of hydrogen-bond acceptors (Lipinski definition) is 8. The predicted octanol–water partition coefficient (Wildman–Crippen LogP) is 2.65. The van der Waals surface area contributed by atoms with Crippen molar-refractivity contribution in [3.63, 3.8) is 0 Å². The SMILES string of the molecule is C=C(C=O)N1CCCCC1C(=O)OC(C)CCc1cccnc1.CC(O)C(C)CC(O)CCO. The second-order valence-electron chi connectivity index (χ2n) is 9.08. The fourth-order valence-electron chi connectivity index (χ4n) is 3.73. The molecule has 1 fully saturated rings. The second kappa shape index (κ2) is 16.4. The number of esters is 1. The van der Waals surface area contributed by atoms with Crippen molar-refractivity contribution in [1.29, 1.82) is 0 Å². The van der Waals surface area contributed by atoms with E-state index in [0.717, 1.165) is 31.2 Å². The third-order valence-corrected chi connectivity index (χ3v) is 6.09. The summed E-state index contributed by atoms with van der Waals surface area (Å²) in [6.45, 7) is 9.90. The lowest BCUT2D eigenvalue weighted by atomic mass is 9.97. The first-order valence-corrected chi connectivity index (χ1v) is 12.2. The van der Waals surface area contributed by atoms with Crippen molar-refractivity contribution in [1.82, 2.24) is 9.88 Å². The van der Waals surface area contributed by atoms with Crippen LogP contribution in [0.15, 0.2) is 36.8 Å². The Morgan fingerprint density at radius 1 is 1.29 bits per heavy atom. The molecule has 0 bridgehead atoms. The van der Waals surface area contributed by atoms with Gasteiger partial charge >= 0.3 is 5.97 Å². The summed E-state index contributed by atoms with van der Waals surface area (Å²) in [5, 5.41) is 26.7. The van der Waals surface area contributed by atoms with Crippen LogP contribution >= 0.6 is 0 Å². The van der Waals surface area contributed by atoms with Crippen LogP contribution in [0.2, 0.25) is 0 Å². The van der Waals surface area contributed by atoms with E-state index >= 15 is 0 Å². The maximum absolute atomic E-state index is 12.4. The highest BCUT2D eigenvalue weighted by atomic mass is 16.5. The smallest absolute Gasteiger partial charge is 0.329 e. The number of ether oxygens (including phenoxy) is 1. The molecule has 0 radical (unpaired) electrons. The van der Waals surface area contributed by atoms with Crippen LogP contribution < -0.4 is 0 Å². The fourth-order valence-corrected chi connectivity index (χ4v) is 3.73. The van der Waals surface area contributed by atoms with Crippen molar-refractivity contribution in [3.8, 4) is 0 Å². The molecule has 0 spiro atoms. The minimum atomic E-state index is -0.482. The van der Waals surface area contributed by atoms with Gasteiger partial charge in [-0.2, -0.15) is 0 Å². The summed E-state index contributed by atoms with van der Waals surface area (Å²) in [4.78, 5) is 29.2. The number of nitrogens with zero attached hydrogens (tertiary/aromatic N) is 2. The van der Waals surface area contributed by atoms with Crippen LogP contribution in [-0.2, 0) is 20.7 Å². The Labute approximate surface area is 203 Å². The van der Waals surface area contributed by atoms with Crippen molar-refractivity contribution in [3.05, 3.63) is 42.4 Å². The lowest BCUT2D eigenvalue weighted by molar-refractivity contribution is -0.155. The quantitative estimate of drug-likeness (QED) is 0.238. The number of aliphatic hydroxyl groups is 3. The molecule has 5 unspecified atom stereocenters. The summed E-state index contributed by atoms with van der Waals surface area (Å²) in [7, 11) is 0. The average Bonchev–Trinajstić information content (AvgIpc) is 2.83. The molecule has 0 amide bonds. The number of piperidine rings is 1. The van der Waals surface area contributed by atoms with E-state index < -0.39 is 6.10 Å². The number of carbonyl (C=O) groups excluding carboxylic acids is 2. The zero-order valence-corrected chi connectivity index (χ0v) is 20.8. The number of allylic oxidation sites excluding steroid dienone is 1. The number of carbonyl (C=O) groups is 2. The van der Waals surface area contributed by atoms with E-state index in [9.17, 15) is 14.7 Å².